The highest BCUT2D eigenvalue weighted by atomic mass is 31.2. The fourth-order valence-corrected chi connectivity index (χ4v) is 7.43. The molecule has 10 heteroatoms. The van der Waals surface area contributed by atoms with E-state index in [2.05, 4.69) is 38.2 Å². The van der Waals surface area contributed by atoms with Gasteiger partial charge >= 0.3 is 11.9 Å². The van der Waals surface area contributed by atoms with Crippen LogP contribution in [0.5, 0.6) is 0 Å². The first kappa shape index (κ1) is 56.5. The highest BCUT2D eigenvalue weighted by Crippen LogP contribution is 2.38. The molecule has 0 aliphatic heterocycles. The van der Waals surface area contributed by atoms with E-state index in [0.29, 0.717) is 17.4 Å². The van der Waals surface area contributed by atoms with Crippen molar-refractivity contribution in [3.8, 4) is 0 Å². The predicted molar refractivity (Wildman–Crippen MR) is 241 cm³/mol. The van der Waals surface area contributed by atoms with Gasteiger partial charge in [0, 0.05) is 12.8 Å². The molecular weight excluding hydrogens is 750 g/mol. The van der Waals surface area contributed by atoms with Gasteiger partial charge in [0.05, 0.1) is 27.7 Å². The fourth-order valence-electron chi connectivity index (χ4n) is 6.71. The number of carbonyl (C=O) groups is 2. The quantitative estimate of drug-likeness (QED) is 0.0196. The van der Waals surface area contributed by atoms with Crippen LogP contribution in [0, 0.1) is 0 Å². The summed E-state index contributed by atoms with van der Waals surface area (Å²) in [5.41, 5.74) is 0. The van der Waals surface area contributed by atoms with Crippen LogP contribution in [-0.4, -0.2) is 70.0 Å². The van der Waals surface area contributed by atoms with E-state index >= 15 is 0 Å². The molecule has 0 saturated heterocycles. The van der Waals surface area contributed by atoms with Crippen molar-refractivity contribution in [2.75, 3.05) is 47.5 Å². The van der Waals surface area contributed by atoms with Gasteiger partial charge in [-0.15, -0.1) is 0 Å². The summed E-state index contributed by atoms with van der Waals surface area (Å²) < 4.78 is 34.0. The van der Waals surface area contributed by atoms with Crippen molar-refractivity contribution < 1.29 is 42.1 Å². The summed E-state index contributed by atoms with van der Waals surface area (Å²) in [5.74, 6) is -0.842. The zero-order chi connectivity index (χ0) is 42.8. The molecule has 0 aromatic rings. The van der Waals surface area contributed by atoms with Crippen molar-refractivity contribution in [1.82, 2.24) is 0 Å². The number of allylic oxidation sites excluding steroid dienone is 4. The SMILES string of the molecule is CCCCCC/C=C/C=C/CCCCCCCC(=O)O[C@H](COC(=O)CCCCCCCCCCCCCCCCCCCCC)COP(=O)([O-])OCC[N+](C)(C)C. The first-order valence-corrected chi connectivity index (χ1v) is 25.5. The van der Waals surface area contributed by atoms with Gasteiger partial charge in [0.25, 0.3) is 7.82 Å². The van der Waals surface area contributed by atoms with Crippen molar-refractivity contribution in [1.29, 1.82) is 0 Å². The number of nitrogens with zero attached hydrogens (tertiary/aromatic N) is 1. The largest absolute Gasteiger partial charge is 0.756 e. The molecule has 0 rings (SSSR count). The number of esters is 2. The maximum atomic E-state index is 12.7. The number of rotatable bonds is 44. The van der Waals surface area contributed by atoms with Gasteiger partial charge in [-0.2, -0.15) is 0 Å². The molecule has 2 atom stereocenters. The van der Waals surface area contributed by atoms with E-state index in [1.165, 1.54) is 128 Å². The van der Waals surface area contributed by atoms with E-state index in [1.807, 2.05) is 21.1 Å². The Morgan fingerprint density at radius 3 is 1.34 bits per heavy atom. The van der Waals surface area contributed by atoms with Crippen molar-refractivity contribution >= 4 is 19.8 Å². The second kappa shape index (κ2) is 40.9. The highest BCUT2D eigenvalue weighted by Gasteiger charge is 2.21. The fraction of sp³-hybridized carbons (Fsp3) is 0.875. The first-order chi connectivity index (χ1) is 28.0. The molecule has 58 heavy (non-hydrogen) atoms. The maximum Gasteiger partial charge on any atom is 0.306 e. The highest BCUT2D eigenvalue weighted by molar-refractivity contribution is 7.45. The average molecular weight is 842 g/mol. The molecule has 0 aromatic carbocycles. The standard InChI is InChI=1S/C48H92NO8P/c1-6-8-10-12-14-16-18-20-22-23-24-25-27-28-30-32-34-36-38-40-47(50)54-44-46(45-56-58(52,53)55-43-42-49(3,4)5)57-48(51)41-39-37-35-33-31-29-26-21-19-17-15-13-11-9-7-2/h17,19,21,26,46H,6-16,18,20,22-25,27-45H2,1-5H3/b19-17+,26-21+/t46-/m1/s1. The Hall–Kier alpha value is -1.51. The minimum absolute atomic E-state index is 0.0321. The summed E-state index contributed by atoms with van der Waals surface area (Å²) in [7, 11) is 1.16. The lowest BCUT2D eigenvalue weighted by atomic mass is 10.0. The Morgan fingerprint density at radius 2 is 0.914 bits per heavy atom. The van der Waals surface area contributed by atoms with Gasteiger partial charge in [-0.3, -0.25) is 14.2 Å². The number of phosphoric ester groups is 1. The molecular formula is C48H92NO8P. The third kappa shape index (κ3) is 44.1. The van der Waals surface area contributed by atoms with Gasteiger partial charge in [-0.05, 0) is 38.5 Å². The Bertz CT molecular complexity index is 1040. The Kier molecular flexibility index (Phi) is 39.8. The van der Waals surface area contributed by atoms with E-state index in [1.54, 1.807) is 0 Å². The lowest BCUT2D eigenvalue weighted by molar-refractivity contribution is -0.870. The van der Waals surface area contributed by atoms with Crippen molar-refractivity contribution in [3.63, 3.8) is 0 Å². The zero-order valence-electron chi connectivity index (χ0n) is 38.5. The molecule has 9 nitrogen and oxygen atoms in total. The molecule has 0 aromatic heterocycles. The Morgan fingerprint density at radius 1 is 0.534 bits per heavy atom. The average Bonchev–Trinajstić information content (AvgIpc) is 3.17. The topological polar surface area (TPSA) is 111 Å². The number of quaternary nitrogens is 1. The van der Waals surface area contributed by atoms with Crippen molar-refractivity contribution in [2.24, 2.45) is 0 Å². The number of hydrogen-bond acceptors (Lipinski definition) is 8. The molecule has 0 heterocycles. The van der Waals surface area contributed by atoms with Crippen LogP contribution >= 0.6 is 7.82 Å². The van der Waals surface area contributed by atoms with Gasteiger partial charge in [0.2, 0.25) is 0 Å². The van der Waals surface area contributed by atoms with E-state index in [4.69, 9.17) is 18.5 Å². The summed E-state index contributed by atoms with van der Waals surface area (Å²) in [6, 6.07) is 0. The molecule has 0 bridgehead atoms. The molecule has 0 N–H and O–H groups in total. The van der Waals surface area contributed by atoms with E-state index in [9.17, 15) is 19.0 Å². The molecule has 0 fully saturated rings. The molecule has 342 valence electrons. The van der Waals surface area contributed by atoms with Crippen LogP contribution in [0.25, 0.3) is 0 Å². The van der Waals surface area contributed by atoms with Gasteiger partial charge in [0.1, 0.15) is 19.8 Å². The number of hydrogen-bond donors (Lipinski definition) is 0. The van der Waals surface area contributed by atoms with Crippen LogP contribution < -0.4 is 4.89 Å². The second-order valence-corrected chi connectivity index (χ2v) is 18.9. The van der Waals surface area contributed by atoms with Gasteiger partial charge in [0.15, 0.2) is 6.10 Å². The van der Waals surface area contributed by atoms with Gasteiger partial charge < -0.3 is 27.9 Å². The van der Waals surface area contributed by atoms with Crippen LogP contribution in [0.4, 0.5) is 0 Å². The predicted octanol–water partition coefficient (Wildman–Crippen LogP) is 13.3. The van der Waals surface area contributed by atoms with Crippen LogP contribution in [-0.2, 0) is 32.7 Å². The summed E-state index contributed by atoms with van der Waals surface area (Å²) >= 11 is 0. The number of carbonyl (C=O) groups excluding carboxylic acids is 2. The maximum absolute atomic E-state index is 12.7. The third-order valence-electron chi connectivity index (χ3n) is 10.5. The van der Waals surface area contributed by atoms with E-state index < -0.39 is 26.5 Å². The van der Waals surface area contributed by atoms with Crippen LogP contribution in [0.1, 0.15) is 219 Å². The lowest BCUT2D eigenvalue weighted by Gasteiger charge is -2.28. The number of unbranched alkanes of at least 4 members (excludes halogenated alkanes) is 27. The normalized spacial score (nSPS) is 13.7. The first-order valence-electron chi connectivity index (χ1n) is 24.1. The molecule has 1 unspecified atom stereocenters. The molecule has 0 spiro atoms. The smallest absolute Gasteiger partial charge is 0.306 e. The number of likely N-dealkylation sites (N-methyl/N-ethyl adjacent to an activating group) is 1. The summed E-state index contributed by atoms with van der Waals surface area (Å²) in [6.45, 7) is 4.22. The van der Waals surface area contributed by atoms with E-state index in [0.717, 1.165) is 57.8 Å². The minimum atomic E-state index is -4.63. The molecule has 0 radical (unpaired) electrons. The Labute approximate surface area is 358 Å². The summed E-state index contributed by atoms with van der Waals surface area (Å²) in [6.07, 6.45) is 44.9. The lowest BCUT2D eigenvalue weighted by Crippen LogP contribution is -2.37. The third-order valence-corrected chi connectivity index (χ3v) is 11.5. The second-order valence-electron chi connectivity index (χ2n) is 17.5. The monoisotopic (exact) mass is 842 g/mol. The Balaban J connectivity index is 4.28. The van der Waals surface area contributed by atoms with Crippen LogP contribution in [0.3, 0.4) is 0 Å². The minimum Gasteiger partial charge on any atom is -0.756 e. The van der Waals surface area contributed by atoms with Crippen molar-refractivity contribution in [2.45, 2.75) is 225 Å². The van der Waals surface area contributed by atoms with Crippen LogP contribution in [0.15, 0.2) is 24.3 Å². The van der Waals surface area contributed by atoms with Gasteiger partial charge in [-0.1, -0.05) is 192 Å². The number of phosphoric acid groups is 1. The molecule has 0 amide bonds. The van der Waals surface area contributed by atoms with Crippen LogP contribution in [0.2, 0.25) is 0 Å². The number of ether oxygens (including phenoxy) is 2. The van der Waals surface area contributed by atoms with Gasteiger partial charge in [-0.25, -0.2) is 0 Å². The zero-order valence-corrected chi connectivity index (χ0v) is 39.4. The van der Waals surface area contributed by atoms with E-state index in [-0.39, 0.29) is 32.0 Å². The molecule has 0 saturated carbocycles. The molecule has 0 aliphatic carbocycles. The summed E-state index contributed by atoms with van der Waals surface area (Å²) in [5, 5.41) is 0. The summed E-state index contributed by atoms with van der Waals surface area (Å²) in [4.78, 5) is 37.6. The van der Waals surface area contributed by atoms with Crippen molar-refractivity contribution in [3.05, 3.63) is 24.3 Å². The molecule has 0 aliphatic rings.